The van der Waals surface area contributed by atoms with Gasteiger partial charge in [0, 0.05) is 34.6 Å². The van der Waals surface area contributed by atoms with Gasteiger partial charge in [-0.15, -0.1) is 0 Å². The highest BCUT2D eigenvalue weighted by Gasteiger charge is 2.35. The van der Waals surface area contributed by atoms with E-state index in [1.54, 1.807) is 26.0 Å². The molecule has 2 heterocycles. The van der Waals surface area contributed by atoms with Crippen molar-refractivity contribution in [1.29, 1.82) is 0 Å². The van der Waals surface area contributed by atoms with Crippen molar-refractivity contribution >= 4 is 46.4 Å². The number of aliphatic hydroxyl groups excluding tert-OH is 1. The second kappa shape index (κ2) is 19.3. The van der Waals surface area contributed by atoms with E-state index in [0.29, 0.717) is 23.3 Å². The fourth-order valence-electron chi connectivity index (χ4n) is 3.87. The number of aliphatic hydroxyl groups is 1. The number of urea groups is 1. The summed E-state index contributed by atoms with van der Waals surface area (Å²) < 4.78 is 0. The number of rotatable bonds is 9. The van der Waals surface area contributed by atoms with E-state index in [1.807, 2.05) is 43.1 Å². The topological polar surface area (TPSA) is 146 Å². The lowest BCUT2D eigenvalue weighted by Crippen LogP contribution is -2.46. The summed E-state index contributed by atoms with van der Waals surface area (Å²) in [5, 5.41) is 22.5. The molecule has 2 fully saturated rings. The van der Waals surface area contributed by atoms with E-state index in [4.69, 9.17) is 5.73 Å². The van der Waals surface area contributed by atoms with Gasteiger partial charge in [0.2, 0.25) is 0 Å². The molecule has 0 bridgehead atoms. The van der Waals surface area contributed by atoms with Crippen LogP contribution in [0.3, 0.4) is 0 Å². The normalized spacial score (nSPS) is 17.0. The maximum Gasteiger partial charge on any atom is 0.315 e. The first-order valence-corrected chi connectivity index (χ1v) is 15.6. The highest BCUT2D eigenvalue weighted by atomic mass is 32.2. The molecule has 2 aliphatic heterocycles. The van der Waals surface area contributed by atoms with E-state index in [-0.39, 0.29) is 18.5 Å². The average Bonchev–Trinajstić information content (AvgIpc) is 3.53. The lowest BCUT2D eigenvalue weighted by Gasteiger charge is -2.24. The summed E-state index contributed by atoms with van der Waals surface area (Å²) in [5.41, 5.74) is 6.46. The molecular weight excluding hydrogens is 538 g/mol. The van der Waals surface area contributed by atoms with E-state index in [1.165, 1.54) is 6.42 Å². The first kappa shape index (κ1) is 36.2. The number of hydrogen-bond donors (Lipinski definition) is 6. The molecule has 0 unspecified atom stereocenters. The Hall–Kier alpha value is -2.82. The first-order chi connectivity index (χ1) is 19.5. The quantitative estimate of drug-likeness (QED) is 0.110. The standard InChI is InChI=1S/C15H18N2O2.C6H15N.C5H8N2OS.C5H10O/c1-15(2,9-18)17-14(19)12-7-8-13(16)11-6-4-3-5-10(11)12;1-6(2)4-5-7-3;8-5-6-3-1-9-2-4(3)7-5;1-2-3-4-5-6/h3-8,18H,9,16H2,1-2H3,(H,17,19);6-7H,4-5H2,1-3H3;3-4H,1-2H2,(H2,6,7,8);5H,2-4H2,1H3/t;;3-,4+;. The van der Waals surface area contributed by atoms with Gasteiger partial charge in [-0.3, -0.25) is 4.79 Å². The van der Waals surface area contributed by atoms with Gasteiger partial charge >= 0.3 is 6.03 Å². The molecule has 230 valence electrons. The van der Waals surface area contributed by atoms with E-state index < -0.39 is 5.54 Å². The molecular formula is C31H51N5O4S. The van der Waals surface area contributed by atoms with Gasteiger partial charge in [-0.25, -0.2) is 4.79 Å². The van der Waals surface area contributed by atoms with Crippen LogP contribution >= 0.6 is 11.8 Å². The fraction of sp³-hybridized carbons (Fsp3) is 0.581. The van der Waals surface area contributed by atoms with Crippen LogP contribution in [-0.4, -0.2) is 72.7 Å². The van der Waals surface area contributed by atoms with Crippen LogP contribution in [0.1, 0.15) is 70.7 Å². The van der Waals surface area contributed by atoms with Crippen LogP contribution < -0.4 is 27.0 Å². The zero-order chi connectivity index (χ0) is 30.8. The summed E-state index contributed by atoms with van der Waals surface area (Å²) in [4.78, 5) is 32.5. The van der Waals surface area contributed by atoms with Crippen LogP contribution in [0.2, 0.25) is 0 Å². The van der Waals surface area contributed by atoms with Crippen LogP contribution in [0.25, 0.3) is 10.8 Å². The molecule has 3 amide bonds. The van der Waals surface area contributed by atoms with Gasteiger partial charge in [-0.1, -0.05) is 51.5 Å². The van der Waals surface area contributed by atoms with Crippen molar-refractivity contribution in [2.24, 2.45) is 5.92 Å². The van der Waals surface area contributed by atoms with Gasteiger partial charge < -0.3 is 36.9 Å². The third kappa shape index (κ3) is 13.6. The van der Waals surface area contributed by atoms with E-state index >= 15 is 0 Å². The molecule has 2 aromatic rings. The van der Waals surface area contributed by atoms with Crippen LogP contribution in [0.4, 0.5) is 10.5 Å². The van der Waals surface area contributed by atoms with Crippen molar-refractivity contribution < 1.29 is 19.5 Å². The van der Waals surface area contributed by atoms with Crippen molar-refractivity contribution in [2.45, 2.75) is 77.9 Å². The molecule has 0 spiro atoms. The third-order valence-corrected chi connectivity index (χ3v) is 7.60. The fourth-order valence-corrected chi connectivity index (χ4v) is 5.15. The van der Waals surface area contributed by atoms with Gasteiger partial charge in [-0.2, -0.15) is 11.8 Å². The van der Waals surface area contributed by atoms with Crippen LogP contribution in [0.15, 0.2) is 36.4 Å². The maximum atomic E-state index is 12.3. The smallest absolute Gasteiger partial charge is 0.315 e. The summed E-state index contributed by atoms with van der Waals surface area (Å²) in [6.07, 6.45) is 5.15. The number of carbonyl (C=O) groups excluding carboxylic acids is 3. The minimum Gasteiger partial charge on any atom is -0.398 e. The predicted octanol–water partition coefficient (Wildman–Crippen LogP) is 4.33. The molecule has 0 aromatic heterocycles. The molecule has 2 atom stereocenters. The number of nitrogens with one attached hydrogen (secondary N) is 4. The largest absolute Gasteiger partial charge is 0.398 e. The Bertz CT molecular complexity index is 1070. The van der Waals surface area contributed by atoms with Crippen LogP contribution in [-0.2, 0) is 4.79 Å². The zero-order valence-electron chi connectivity index (χ0n) is 25.6. The molecule has 2 aliphatic rings. The van der Waals surface area contributed by atoms with Gasteiger partial charge in [0.1, 0.15) is 6.29 Å². The number of amides is 3. The van der Waals surface area contributed by atoms with Gasteiger partial charge in [0.05, 0.1) is 24.2 Å². The maximum absolute atomic E-state index is 12.3. The molecule has 2 aromatic carbocycles. The highest BCUT2D eigenvalue weighted by Crippen LogP contribution is 2.25. The van der Waals surface area contributed by atoms with Crippen molar-refractivity contribution in [3.8, 4) is 0 Å². The molecule has 0 radical (unpaired) electrons. The summed E-state index contributed by atoms with van der Waals surface area (Å²) in [7, 11) is 1.99. The average molecular weight is 590 g/mol. The number of thioether (sulfide) groups is 1. The number of carbonyl (C=O) groups is 3. The minimum absolute atomic E-state index is 0.00491. The molecule has 0 aliphatic carbocycles. The summed E-state index contributed by atoms with van der Waals surface area (Å²) in [6.45, 7) is 11.1. The molecule has 7 N–H and O–H groups in total. The van der Waals surface area contributed by atoms with Crippen molar-refractivity contribution in [3.63, 3.8) is 0 Å². The van der Waals surface area contributed by atoms with Crippen molar-refractivity contribution in [3.05, 3.63) is 42.0 Å². The van der Waals surface area contributed by atoms with Gasteiger partial charge in [-0.05, 0) is 63.7 Å². The Morgan fingerprint density at radius 3 is 2.22 bits per heavy atom. The van der Waals surface area contributed by atoms with Crippen LogP contribution in [0, 0.1) is 5.92 Å². The highest BCUT2D eigenvalue weighted by molar-refractivity contribution is 7.99. The summed E-state index contributed by atoms with van der Waals surface area (Å²) >= 11 is 1.89. The second-order valence-corrected chi connectivity index (χ2v) is 12.3. The Balaban J connectivity index is 0.000000316. The molecule has 4 rings (SSSR count). The summed E-state index contributed by atoms with van der Waals surface area (Å²) in [6, 6.07) is 11.8. The molecule has 2 saturated heterocycles. The SMILES string of the molecule is CC(C)(CO)NC(=O)c1ccc(N)c2ccccc12.CCCCC=O.CNCCC(C)C.O=C1N[C@H]2CSC[C@H]2N1. The Morgan fingerprint density at radius 2 is 1.76 bits per heavy atom. The molecule has 0 saturated carbocycles. The third-order valence-electron chi connectivity index (χ3n) is 6.41. The number of benzene rings is 2. The first-order valence-electron chi connectivity index (χ1n) is 14.4. The number of hydrogen-bond acceptors (Lipinski definition) is 7. The lowest BCUT2D eigenvalue weighted by atomic mass is 10.0. The Labute approximate surface area is 250 Å². The van der Waals surface area contributed by atoms with Crippen molar-refractivity contribution in [2.75, 3.05) is 37.4 Å². The van der Waals surface area contributed by atoms with Crippen molar-refractivity contribution in [1.82, 2.24) is 21.3 Å². The predicted molar refractivity (Wildman–Crippen MR) is 173 cm³/mol. The number of unbranched alkanes of at least 4 members (excludes halogenated alkanes) is 2. The molecule has 41 heavy (non-hydrogen) atoms. The lowest BCUT2D eigenvalue weighted by molar-refractivity contribution is -0.107. The Morgan fingerprint density at radius 1 is 1.15 bits per heavy atom. The van der Waals surface area contributed by atoms with Gasteiger partial charge in [0.25, 0.3) is 5.91 Å². The monoisotopic (exact) mass is 589 g/mol. The van der Waals surface area contributed by atoms with Crippen LogP contribution in [0.5, 0.6) is 0 Å². The number of fused-ring (bicyclic) bond motifs is 2. The summed E-state index contributed by atoms with van der Waals surface area (Å²) in [5.74, 6) is 2.77. The minimum atomic E-state index is -0.653. The van der Waals surface area contributed by atoms with E-state index in [2.05, 4.69) is 42.0 Å². The van der Waals surface area contributed by atoms with Gasteiger partial charge in [0.15, 0.2) is 0 Å². The van der Waals surface area contributed by atoms with E-state index in [0.717, 1.165) is 60.3 Å². The molecule has 10 heteroatoms. The number of anilines is 1. The van der Waals surface area contributed by atoms with E-state index in [9.17, 15) is 19.5 Å². The molecule has 9 nitrogen and oxygen atoms in total. The zero-order valence-corrected chi connectivity index (χ0v) is 26.4. The number of nitrogens with two attached hydrogens (primary N) is 1. The number of aldehydes is 1. The number of nitrogen functional groups attached to an aromatic ring is 1. The second-order valence-electron chi connectivity index (χ2n) is 11.2. The Kier molecular flexibility index (Phi) is 17.1.